The summed E-state index contributed by atoms with van der Waals surface area (Å²) in [5.41, 5.74) is -0.650. The van der Waals surface area contributed by atoms with Crippen LogP contribution >= 0.6 is 0 Å². The highest BCUT2D eigenvalue weighted by Gasteiger charge is 2.21. The Hall–Kier alpha value is -1.98. The van der Waals surface area contributed by atoms with Crippen molar-refractivity contribution in [3.05, 3.63) is 39.7 Å². The fourth-order valence-corrected chi connectivity index (χ4v) is 1.25. The number of nitro groups is 1. The van der Waals surface area contributed by atoms with Crippen molar-refractivity contribution in [3.8, 4) is 0 Å². The lowest BCUT2D eigenvalue weighted by Gasteiger charge is -2.11. The van der Waals surface area contributed by atoms with Crippen molar-refractivity contribution in [2.24, 2.45) is 0 Å². The Bertz CT molecular complexity index is 448. The van der Waals surface area contributed by atoms with E-state index in [1.165, 1.54) is 0 Å². The molecule has 0 saturated heterocycles. The maximum atomic E-state index is 12.9. The summed E-state index contributed by atoms with van der Waals surface area (Å²) in [6, 6.07) is 2.79. The second kappa shape index (κ2) is 5.38. The minimum absolute atomic E-state index is 0.0906. The molecule has 1 N–H and O–H groups in total. The normalized spacial score (nSPS) is 11.9. The van der Waals surface area contributed by atoms with Crippen LogP contribution in [0.5, 0.6) is 0 Å². The number of nitrogens with one attached hydrogen (secondary N) is 1. The first-order valence-electron chi connectivity index (χ1n) is 5.20. The molecule has 0 bridgehead atoms. The van der Waals surface area contributed by atoms with Crippen LogP contribution in [0, 0.1) is 15.9 Å². The molecule has 0 saturated carbocycles. The largest absolute Gasteiger partial charge is 0.349 e. The van der Waals surface area contributed by atoms with Gasteiger partial charge in [0, 0.05) is 6.04 Å². The number of nitrogens with zero attached hydrogens (tertiary/aromatic N) is 1. The Labute approximate surface area is 97.8 Å². The number of nitro benzene ring substituents is 1. The van der Waals surface area contributed by atoms with Crippen LogP contribution in [-0.4, -0.2) is 16.9 Å². The highest BCUT2D eigenvalue weighted by atomic mass is 19.1. The summed E-state index contributed by atoms with van der Waals surface area (Å²) >= 11 is 0. The molecule has 1 rings (SSSR count). The van der Waals surface area contributed by atoms with Crippen LogP contribution in [0.25, 0.3) is 0 Å². The summed E-state index contributed by atoms with van der Waals surface area (Å²) in [7, 11) is 0. The van der Waals surface area contributed by atoms with Gasteiger partial charge in [0.25, 0.3) is 11.6 Å². The number of hydrogen-bond acceptors (Lipinski definition) is 3. The zero-order valence-electron chi connectivity index (χ0n) is 9.57. The first-order valence-corrected chi connectivity index (χ1v) is 5.20. The number of carbonyl (C=O) groups is 1. The van der Waals surface area contributed by atoms with E-state index in [4.69, 9.17) is 0 Å². The number of rotatable bonds is 4. The maximum Gasteiger partial charge on any atom is 0.285 e. The van der Waals surface area contributed by atoms with Gasteiger partial charge in [-0.25, -0.2) is 4.39 Å². The van der Waals surface area contributed by atoms with E-state index in [0.29, 0.717) is 6.42 Å². The molecule has 0 spiro atoms. The third-order valence-electron chi connectivity index (χ3n) is 2.39. The van der Waals surface area contributed by atoms with E-state index in [0.717, 1.165) is 18.2 Å². The van der Waals surface area contributed by atoms with Crippen molar-refractivity contribution in [2.45, 2.75) is 26.3 Å². The van der Waals surface area contributed by atoms with E-state index in [1.807, 2.05) is 6.92 Å². The molecular formula is C11H13FN2O3. The van der Waals surface area contributed by atoms with Gasteiger partial charge in [0.1, 0.15) is 11.4 Å². The smallest absolute Gasteiger partial charge is 0.285 e. The fourth-order valence-electron chi connectivity index (χ4n) is 1.25. The Balaban J connectivity index is 3.04. The van der Waals surface area contributed by atoms with Gasteiger partial charge in [-0.2, -0.15) is 0 Å². The van der Waals surface area contributed by atoms with Gasteiger partial charge in [0.2, 0.25) is 0 Å². The zero-order valence-corrected chi connectivity index (χ0v) is 9.57. The van der Waals surface area contributed by atoms with E-state index in [2.05, 4.69) is 5.32 Å². The molecule has 0 radical (unpaired) electrons. The molecule has 0 heterocycles. The van der Waals surface area contributed by atoms with Crippen LogP contribution in [0.15, 0.2) is 18.2 Å². The van der Waals surface area contributed by atoms with Crippen LogP contribution in [0.2, 0.25) is 0 Å². The second-order valence-corrected chi connectivity index (χ2v) is 3.70. The molecular weight excluding hydrogens is 227 g/mol. The minimum Gasteiger partial charge on any atom is -0.349 e. The monoisotopic (exact) mass is 240 g/mol. The summed E-state index contributed by atoms with van der Waals surface area (Å²) in [5.74, 6) is -1.30. The molecule has 5 nitrogen and oxygen atoms in total. The van der Waals surface area contributed by atoms with Gasteiger partial charge >= 0.3 is 0 Å². The molecule has 0 aliphatic carbocycles. The van der Waals surface area contributed by atoms with Gasteiger partial charge < -0.3 is 5.32 Å². The third kappa shape index (κ3) is 3.24. The van der Waals surface area contributed by atoms with Gasteiger partial charge in [-0.3, -0.25) is 14.9 Å². The lowest BCUT2D eigenvalue weighted by atomic mass is 10.1. The molecule has 6 heteroatoms. The van der Waals surface area contributed by atoms with Crippen molar-refractivity contribution in [2.75, 3.05) is 0 Å². The molecule has 1 atom stereocenters. The number of amides is 1. The molecule has 1 aromatic carbocycles. The minimum atomic E-state index is -0.769. The molecule has 92 valence electrons. The van der Waals surface area contributed by atoms with Crippen molar-refractivity contribution in [3.63, 3.8) is 0 Å². The van der Waals surface area contributed by atoms with Crippen molar-refractivity contribution >= 4 is 11.6 Å². The standard InChI is InChI=1S/C11H13FN2O3/c1-3-7(2)13-11(15)9-5-4-8(12)6-10(9)14(16)17/h4-7H,3H2,1-2H3,(H,13,15). The van der Waals surface area contributed by atoms with Crippen LogP contribution in [0.3, 0.4) is 0 Å². The Morgan fingerprint density at radius 1 is 1.59 bits per heavy atom. The van der Waals surface area contributed by atoms with Gasteiger partial charge in [-0.05, 0) is 25.5 Å². The highest BCUT2D eigenvalue weighted by molar-refractivity contribution is 5.98. The van der Waals surface area contributed by atoms with E-state index < -0.39 is 22.3 Å². The fraction of sp³-hybridized carbons (Fsp3) is 0.364. The molecule has 0 aromatic heterocycles. The van der Waals surface area contributed by atoms with Gasteiger partial charge in [0.15, 0.2) is 0 Å². The van der Waals surface area contributed by atoms with Gasteiger partial charge in [-0.15, -0.1) is 0 Å². The summed E-state index contributed by atoms with van der Waals surface area (Å²) in [4.78, 5) is 21.6. The average Bonchev–Trinajstić information content (AvgIpc) is 2.28. The second-order valence-electron chi connectivity index (χ2n) is 3.70. The van der Waals surface area contributed by atoms with E-state index in [9.17, 15) is 19.3 Å². The van der Waals surface area contributed by atoms with Crippen molar-refractivity contribution in [1.82, 2.24) is 5.32 Å². The van der Waals surface area contributed by atoms with E-state index >= 15 is 0 Å². The van der Waals surface area contributed by atoms with E-state index in [-0.39, 0.29) is 11.6 Å². The predicted molar refractivity (Wildman–Crippen MR) is 60.3 cm³/mol. The Morgan fingerprint density at radius 2 is 2.24 bits per heavy atom. The topological polar surface area (TPSA) is 72.2 Å². The van der Waals surface area contributed by atoms with Gasteiger partial charge in [0.05, 0.1) is 11.0 Å². The molecule has 1 unspecified atom stereocenters. The first-order chi connectivity index (χ1) is 7.95. The lowest BCUT2D eigenvalue weighted by molar-refractivity contribution is -0.385. The maximum absolute atomic E-state index is 12.9. The van der Waals surface area contributed by atoms with E-state index in [1.54, 1.807) is 6.92 Å². The summed E-state index contributed by atoms with van der Waals surface area (Å²) in [6.45, 7) is 3.66. The molecule has 0 aliphatic rings. The van der Waals surface area contributed by atoms with Crippen molar-refractivity contribution in [1.29, 1.82) is 0 Å². The lowest BCUT2D eigenvalue weighted by Crippen LogP contribution is -2.32. The molecule has 17 heavy (non-hydrogen) atoms. The van der Waals surface area contributed by atoms with Crippen molar-refractivity contribution < 1.29 is 14.1 Å². The number of carbonyl (C=O) groups excluding carboxylic acids is 1. The highest BCUT2D eigenvalue weighted by Crippen LogP contribution is 2.19. The first kappa shape index (κ1) is 13.1. The predicted octanol–water partition coefficient (Wildman–Crippen LogP) is 2.26. The summed E-state index contributed by atoms with van der Waals surface area (Å²) < 4.78 is 12.9. The van der Waals surface area contributed by atoms with Gasteiger partial charge in [-0.1, -0.05) is 6.92 Å². The molecule has 0 aliphatic heterocycles. The Kier molecular flexibility index (Phi) is 4.14. The van der Waals surface area contributed by atoms with Crippen LogP contribution < -0.4 is 5.32 Å². The summed E-state index contributed by atoms with van der Waals surface area (Å²) in [6.07, 6.45) is 0.709. The molecule has 1 amide bonds. The van der Waals surface area contributed by atoms with Crippen LogP contribution in [0.4, 0.5) is 10.1 Å². The SMILES string of the molecule is CCC(C)NC(=O)c1ccc(F)cc1[N+](=O)[O-]. The number of hydrogen-bond donors (Lipinski definition) is 1. The average molecular weight is 240 g/mol. The number of halogens is 1. The third-order valence-corrected chi connectivity index (χ3v) is 2.39. The quantitative estimate of drug-likeness (QED) is 0.648. The molecule has 0 fully saturated rings. The van der Waals surface area contributed by atoms with Crippen LogP contribution in [0.1, 0.15) is 30.6 Å². The Morgan fingerprint density at radius 3 is 2.76 bits per heavy atom. The summed E-state index contributed by atoms with van der Waals surface area (Å²) in [5, 5.41) is 13.3. The number of benzene rings is 1. The zero-order chi connectivity index (χ0) is 13.0. The molecule has 1 aromatic rings. The van der Waals surface area contributed by atoms with Crippen LogP contribution in [-0.2, 0) is 0 Å².